The second kappa shape index (κ2) is 8.55. The minimum Gasteiger partial charge on any atom is -0.460 e. The number of hydrogen-bond donors (Lipinski definition) is 0. The molecule has 0 aliphatic heterocycles. The molecular formula is C11H19NO2. The summed E-state index contributed by atoms with van der Waals surface area (Å²) in [5, 5.41) is 0. The lowest BCUT2D eigenvalue weighted by Gasteiger charge is -2.04. The van der Waals surface area contributed by atoms with Crippen molar-refractivity contribution in [2.75, 3.05) is 6.61 Å². The molecule has 1 unspecified atom stereocenters. The number of ether oxygens (including phenoxy) is 1. The molecule has 0 aromatic heterocycles. The van der Waals surface area contributed by atoms with Crippen LogP contribution in [0.1, 0.15) is 46.0 Å². The highest BCUT2D eigenvalue weighted by Crippen LogP contribution is 2.09. The largest absolute Gasteiger partial charge is 0.460 e. The molecule has 0 bridgehead atoms. The third kappa shape index (κ3) is 5.58. The summed E-state index contributed by atoms with van der Waals surface area (Å²) in [5.41, 5.74) is 0. The molecule has 80 valence electrons. The molecule has 0 aromatic carbocycles. The molecule has 3 heteroatoms. The zero-order valence-corrected chi connectivity index (χ0v) is 9.08. The standard InChI is InChI=1S/C11H19NO2/c1-4-6-7-8-9-10(12-3)11(13)14-5-2/h10H,4-9H2,1-2H3. The number of esters is 1. The molecule has 3 nitrogen and oxygen atoms in total. The minimum atomic E-state index is -0.577. The maximum absolute atomic E-state index is 11.2. The van der Waals surface area contributed by atoms with Crippen molar-refractivity contribution in [2.45, 2.75) is 52.0 Å². The summed E-state index contributed by atoms with van der Waals surface area (Å²) < 4.78 is 4.80. The van der Waals surface area contributed by atoms with Crippen LogP contribution in [0, 0.1) is 6.57 Å². The Hall–Kier alpha value is -1.04. The minimum absolute atomic E-state index is 0.361. The van der Waals surface area contributed by atoms with Gasteiger partial charge in [-0.15, -0.1) is 0 Å². The summed E-state index contributed by atoms with van der Waals surface area (Å²) in [6.07, 6.45) is 5.03. The van der Waals surface area contributed by atoms with Gasteiger partial charge >= 0.3 is 12.0 Å². The Morgan fingerprint density at radius 2 is 2.07 bits per heavy atom. The SMILES string of the molecule is [C-]#[N+]C(CCCCCC)C(=O)OCC. The summed E-state index contributed by atoms with van der Waals surface area (Å²) in [5.74, 6) is -0.362. The maximum atomic E-state index is 11.2. The van der Waals surface area contributed by atoms with E-state index in [4.69, 9.17) is 11.3 Å². The maximum Gasteiger partial charge on any atom is 0.390 e. The van der Waals surface area contributed by atoms with E-state index in [1.165, 1.54) is 12.8 Å². The first-order valence-electron chi connectivity index (χ1n) is 5.29. The van der Waals surface area contributed by atoms with E-state index in [1.54, 1.807) is 6.92 Å². The molecule has 14 heavy (non-hydrogen) atoms. The Morgan fingerprint density at radius 3 is 2.57 bits per heavy atom. The lowest BCUT2D eigenvalue weighted by molar-refractivity contribution is -0.143. The van der Waals surface area contributed by atoms with Gasteiger partial charge in [-0.1, -0.05) is 26.2 Å². The van der Waals surface area contributed by atoms with Gasteiger partial charge in [0.05, 0.1) is 6.61 Å². The molecule has 0 saturated carbocycles. The molecule has 0 N–H and O–H groups in total. The van der Waals surface area contributed by atoms with Crippen LogP contribution in [0.5, 0.6) is 0 Å². The molecule has 0 fully saturated rings. The Balaban J connectivity index is 3.69. The topological polar surface area (TPSA) is 30.7 Å². The quantitative estimate of drug-likeness (QED) is 0.357. The smallest absolute Gasteiger partial charge is 0.390 e. The molecule has 0 heterocycles. The van der Waals surface area contributed by atoms with Crippen molar-refractivity contribution in [3.05, 3.63) is 11.4 Å². The first-order chi connectivity index (χ1) is 6.76. The van der Waals surface area contributed by atoms with Crippen LogP contribution in [0.3, 0.4) is 0 Å². The van der Waals surface area contributed by atoms with Gasteiger partial charge in [0.1, 0.15) is 0 Å². The average Bonchev–Trinajstić information content (AvgIpc) is 2.18. The van der Waals surface area contributed by atoms with Crippen molar-refractivity contribution >= 4 is 5.97 Å². The first-order valence-corrected chi connectivity index (χ1v) is 5.29. The Kier molecular flexibility index (Phi) is 7.92. The van der Waals surface area contributed by atoms with Gasteiger partial charge in [-0.3, -0.25) is 0 Å². The second-order valence-corrected chi connectivity index (χ2v) is 3.25. The van der Waals surface area contributed by atoms with Crippen molar-refractivity contribution in [3.63, 3.8) is 0 Å². The highest BCUT2D eigenvalue weighted by Gasteiger charge is 2.23. The van der Waals surface area contributed by atoms with Gasteiger partial charge in [-0.05, 0) is 13.3 Å². The van der Waals surface area contributed by atoms with Crippen molar-refractivity contribution in [2.24, 2.45) is 0 Å². The van der Waals surface area contributed by atoms with Gasteiger partial charge in [0.2, 0.25) is 0 Å². The predicted molar refractivity (Wildman–Crippen MR) is 55.8 cm³/mol. The summed E-state index contributed by atoms with van der Waals surface area (Å²) in [7, 11) is 0. The lowest BCUT2D eigenvalue weighted by atomic mass is 10.1. The molecule has 0 rings (SSSR count). The normalized spacial score (nSPS) is 11.8. The van der Waals surface area contributed by atoms with Crippen molar-refractivity contribution in [1.82, 2.24) is 0 Å². The number of unbranched alkanes of at least 4 members (excludes halogenated alkanes) is 3. The number of rotatable bonds is 7. The van der Waals surface area contributed by atoms with Crippen LogP contribution < -0.4 is 0 Å². The third-order valence-electron chi connectivity index (χ3n) is 2.05. The molecule has 0 amide bonds. The van der Waals surface area contributed by atoms with E-state index in [0.717, 1.165) is 12.8 Å². The molecule has 0 saturated heterocycles. The van der Waals surface area contributed by atoms with Gasteiger partial charge in [0, 0.05) is 6.42 Å². The fourth-order valence-corrected chi connectivity index (χ4v) is 1.24. The summed E-state index contributed by atoms with van der Waals surface area (Å²) in [6, 6.07) is -0.577. The second-order valence-electron chi connectivity index (χ2n) is 3.25. The predicted octanol–water partition coefficient (Wildman–Crippen LogP) is 2.81. The van der Waals surface area contributed by atoms with Gasteiger partial charge in [0.15, 0.2) is 0 Å². The Morgan fingerprint density at radius 1 is 1.36 bits per heavy atom. The average molecular weight is 197 g/mol. The van der Waals surface area contributed by atoms with Crippen LogP contribution in [-0.2, 0) is 9.53 Å². The fourth-order valence-electron chi connectivity index (χ4n) is 1.24. The van der Waals surface area contributed by atoms with Crippen LogP contribution in [0.4, 0.5) is 0 Å². The van der Waals surface area contributed by atoms with Gasteiger partial charge in [-0.25, -0.2) is 11.4 Å². The highest BCUT2D eigenvalue weighted by molar-refractivity contribution is 5.77. The summed E-state index contributed by atoms with van der Waals surface area (Å²) in [4.78, 5) is 14.5. The Labute approximate surface area is 86.3 Å². The molecule has 1 atom stereocenters. The van der Waals surface area contributed by atoms with Gasteiger partial charge in [-0.2, -0.15) is 0 Å². The first kappa shape index (κ1) is 13.0. The van der Waals surface area contributed by atoms with Crippen LogP contribution in [0.15, 0.2) is 0 Å². The highest BCUT2D eigenvalue weighted by atomic mass is 16.5. The third-order valence-corrected chi connectivity index (χ3v) is 2.05. The number of carbonyl (C=O) groups is 1. The molecule has 0 radical (unpaired) electrons. The van der Waals surface area contributed by atoms with E-state index in [1.807, 2.05) is 0 Å². The molecule has 0 aliphatic carbocycles. The summed E-state index contributed by atoms with van der Waals surface area (Å²) in [6.45, 7) is 11.1. The van der Waals surface area contributed by atoms with Crippen LogP contribution in [0.2, 0.25) is 0 Å². The fraction of sp³-hybridized carbons (Fsp3) is 0.818. The van der Waals surface area contributed by atoms with Crippen molar-refractivity contribution in [3.8, 4) is 0 Å². The zero-order valence-electron chi connectivity index (χ0n) is 9.08. The van der Waals surface area contributed by atoms with E-state index >= 15 is 0 Å². The monoisotopic (exact) mass is 197 g/mol. The molecule has 0 aliphatic rings. The Bertz CT molecular complexity index is 196. The number of carbonyl (C=O) groups excluding carboxylic acids is 1. The zero-order chi connectivity index (χ0) is 10.8. The van der Waals surface area contributed by atoms with E-state index in [2.05, 4.69) is 11.8 Å². The molecule has 0 aromatic rings. The van der Waals surface area contributed by atoms with Gasteiger partial charge < -0.3 is 9.58 Å². The van der Waals surface area contributed by atoms with Crippen LogP contribution in [-0.4, -0.2) is 18.6 Å². The van der Waals surface area contributed by atoms with E-state index in [9.17, 15) is 4.79 Å². The van der Waals surface area contributed by atoms with Crippen molar-refractivity contribution < 1.29 is 9.53 Å². The summed E-state index contributed by atoms with van der Waals surface area (Å²) >= 11 is 0. The van der Waals surface area contributed by atoms with Crippen LogP contribution >= 0.6 is 0 Å². The van der Waals surface area contributed by atoms with E-state index in [-0.39, 0.29) is 5.97 Å². The number of hydrogen-bond acceptors (Lipinski definition) is 2. The van der Waals surface area contributed by atoms with Gasteiger partial charge in [0.25, 0.3) is 0 Å². The molecule has 0 spiro atoms. The molecular weight excluding hydrogens is 178 g/mol. The van der Waals surface area contributed by atoms with Crippen molar-refractivity contribution in [1.29, 1.82) is 0 Å². The van der Waals surface area contributed by atoms with E-state index < -0.39 is 6.04 Å². The number of nitrogens with zero attached hydrogens (tertiary/aromatic N) is 1. The van der Waals surface area contributed by atoms with Crippen LogP contribution in [0.25, 0.3) is 4.85 Å². The lowest BCUT2D eigenvalue weighted by Crippen LogP contribution is -2.19. The van der Waals surface area contributed by atoms with E-state index in [0.29, 0.717) is 13.0 Å².